The Bertz CT molecular complexity index is 370. The van der Waals surface area contributed by atoms with Crippen molar-refractivity contribution < 1.29 is 4.74 Å². The summed E-state index contributed by atoms with van der Waals surface area (Å²) in [6.45, 7) is 10.7. The molecule has 0 amide bonds. The number of nitrogens with zero attached hydrogens (tertiary/aromatic N) is 1. The minimum absolute atomic E-state index is 0.0754. The molecule has 0 radical (unpaired) electrons. The SMILES string of the molecule is CNC(C)(c1nc(C(C)(C)C)cs1)C(C)OC. The molecule has 1 heterocycles. The highest BCUT2D eigenvalue weighted by Gasteiger charge is 2.35. The van der Waals surface area contributed by atoms with Crippen LogP contribution in [0.15, 0.2) is 5.38 Å². The van der Waals surface area contributed by atoms with Crippen LogP contribution in [0.5, 0.6) is 0 Å². The summed E-state index contributed by atoms with van der Waals surface area (Å²) in [5.74, 6) is 0. The highest BCUT2D eigenvalue weighted by Crippen LogP contribution is 2.32. The predicted octanol–water partition coefficient (Wildman–Crippen LogP) is 2.91. The summed E-state index contributed by atoms with van der Waals surface area (Å²) in [6.07, 6.45) is 0.0754. The van der Waals surface area contributed by atoms with Crippen molar-refractivity contribution in [2.24, 2.45) is 0 Å². The first-order chi connectivity index (χ1) is 7.75. The first-order valence-corrected chi connectivity index (χ1v) is 6.82. The third kappa shape index (κ3) is 2.87. The number of rotatable bonds is 4. The van der Waals surface area contributed by atoms with E-state index >= 15 is 0 Å². The maximum Gasteiger partial charge on any atom is 0.115 e. The zero-order valence-electron chi connectivity index (χ0n) is 11.9. The monoisotopic (exact) mass is 256 g/mol. The van der Waals surface area contributed by atoms with E-state index in [0.29, 0.717) is 0 Å². The highest BCUT2D eigenvalue weighted by molar-refractivity contribution is 7.09. The molecule has 0 bridgehead atoms. The molecule has 1 aromatic rings. The van der Waals surface area contributed by atoms with E-state index in [1.165, 1.54) is 0 Å². The molecular weight excluding hydrogens is 232 g/mol. The van der Waals surface area contributed by atoms with Crippen LogP contribution in [0.1, 0.15) is 45.3 Å². The molecule has 98 valence electrons. The summed E-state index contributed by atoms with van der Waals surface area (Å²) < 4.78 is 5.46. The second kappa shape index (κ2) is 5.04. The van der Waals surface area contributed by atoms with Gasteiger partial charge in [0, 0.05) is 17.9 Å². The number of hydrogen-bond acceptors (Lipinski definition) is 4. The van der Waals surface area contributed by atoms with Gasteiger partial charge in [-0.2, -0.15) is 0 Å². The Morgan fingerprint density at radius 2 is 1.94 bits per heavy atom. The molecule has 4 heteroatoms. The normalized spacial score (nSPS) is 17.8. The van der Waals surface area contributed by atoms with Crippen molar-refractivity contribution in [3.05, 3.63) is 16.1 Å². The quantitative estimate of drug-likeness (QED) is 0.899. The second-order valence-corrected chi connectivity index (χ2v) is 6.48. The molecule has 1 aromatic heterocycles. The van der Waals surface area contributed by atoms with Crippen molar-refractivity contribution in [1.82, 2.24) is 10.3 Å². The van der Waals surface area contributed by atoms with Gasteiger partial charge < -0.3 is 10.1 Å². The average molecular weight is 256 g/mol. The van der Waals surface area contributed by atoms with E-state index in [-0.39, 0.29) is 17.1 Å². The first-order valence-electron chi connectivity index (χ1n) is 5.94. The Balaban J connectivity index is 3.10. The van der Waals surface area contributed by atoms with Gasteiger partial charge in [0.05, 0.1) is 17.3 Å². The van der Waals surface area contributed by atoms with Gasteiger partial charge >= 0.3 is 0 Å². The van der Waals surface area contributed by atoms with Crippen molar-refractivity contribution in [2.45, 2.75) is 51.7 Å². The zero-order valence-corrected chi connectivity index (χ0v) is 12.7. The van der Waals surface area contributed by atoms with Crippen LogP contribution in [0, 0.1) is 0 Å². The lowest BCUT2D eigenvalue weighted by Crippen LogP contribution is -2.47. The fourth-order valence-electron chi connectivity index (χ4n) is 1.58. The highest BCUT2D eigenvalue weighted by atomic mass is 32.1. The second-order valence-electron chi connectivity index (χ2n) is 5.62. The van der Waals surface area contributed by atoms with E-state index in [4.69, 9.17) is 9.72 Å². The molecule has 0 fully saturated rings. The standard InChI is InChI=1S/C13H24N2OS/c1-9(16-7)13(5,14-6)11-15-10(8-17-11)12(2,3)4/h8-9,14H,1-7H3. The minimum atomic E-state index is -0.233. The Morgan fingerprint density at radius 1 is 1.35 bits per heavy atom. The molecule has 0 aromatic carbocycles. The van der Waals surface area contributed by atoms with Gasteiger partial charge in [-0.3, -0.25) is 0 Å². The number of aromatic nitrogens is 1. The van der Waals surface area contributed by atoms with Crippen molar-refractivity contribution in [2.75, 3.05) is 14.2 Å². The van der Waals surface area contributed by atoms with E-state index < -0.39 is 0 Å². The lowest BCUT2D eigenvalue weighted by atomic mass is 9.92. The lowest BCUT2D eigenvalue weighted by Gasteiger charge is -2.32. The van der Waals surface area contributed by atoms with Gasteiger partial charge in [-0.1, -0.05) is 20.8 Å². The van der Waals surface area contributed by atoms with Crippen LogP contribution in [0.4, 0.5) is 0 Å². The molecule has 0 aliphatic carbocycles. The van der Waals surface area contributed by atoms with E-state index in [1.54, 1.807) is 18.4 Å². The summed E-state index contributed by atoms with van der Waals surface area (Å²) in [5.41, 5.74) is 1.00. The molecular formula is C13H24N2OS. The van der Waals surface area contributed by atoms with Crippen molar-refractivity contribution in [3.8, 4) is 0 Å². The van der Waals surface area contributed by atoms with Gasteiger partial charge in [0.1, 0.15) is 5.01 Å². The van der Waals surface area contributed by atoms with Gasteiger partial charge in [-0.25, -0.2) is 4.98 Å². The molecule has 1 N–H and O–H groups in total. The topological polar surface area (TPSA) is 34.2 Å². The fourth-order valence-corrected chi connectivity index (χ4v) is 2.87. The van der Waals surface area contributed by atoms with Gasteiger partial charge in [0.25, 0.3) is 0 Å². The Kier molecular flexibility index (Phi) is 4.33. The molecule has 2 atom stereocenters. The van der Waals surface area contributed by atoms with Crippen LogP contribution >= 0.6 is 11.3 Å². The lowest BCUT2D eigenvalue weighted by molar-refractivity contribution is 0.0399. The molecule has 0 saturated carbocycles. The van der Waals surface area contributed by atoms with Crippen LogP contribution in [0.2, 0.25) is 0 Å². The number of hydrogen-bond donors (Lipinski definition) is 1. The van der Waals surface area contributed by atoms with E-state index in [0.717, 1.165) is 10.7 Å². The number of methoxy groups -OCH3 is 1. The fraction of sp³-hybridized carbons (Fsp3) is 0.769. The molecule has 3 nitrogen and oxygen atoms in total. The summed E-state index contributed by atoms with van der Waals surface area (Å²) >= 11 is 1.70. The third-order valence-electron chi connectivity index (χ3n) is 3.40. The number of likely N-dealkylation sites (N-methyl/N-ethyl adjacent to an activating group) is 1. The van der Waals surface area contributed by atoms with Crippen molar-refractivity contribution in [3.63, 3.8) is 0 Å². The van der Waals surface area contributed by atoms with Gasteiger partial charge in [-0.05, 0) is 20.9 Å². The van der Waals surface area contributed by atoms with E-state index in [2.05, 4.69) is 45.3 Å². The molecule has 1 rings (SSSR count). The predicted molar refractivity (Wildman–Crippen MR) is 73.7 cm³/mol. The summed E-state index contributed by atoms with van der Waals surface area (Å²) in [4.78, 5) is 4.77. The van der Waals surface area contributed by atoms with E-state index in [9.17, 15) is 0 Å². The molecule has 0 aliphatic rings. The van der Waals surface area contributed by atoms with Gasteiger partial charge in [0.15, 0.2) is 0 Å². The smallest absolute Gasteiger partial charge is 0.115 e. The van der Waals surface area contributed by atoms with E-state index in [1.807, 2.05) is 7.05 Å². The minimum Gasteiger partial charge on any atom is -0.379 e. The Hall–Kier alpha value is -0.450. The largest absolute Gasteiger partial charge is 0.379 e. The van der Waals surface area contributed by atoms with Crippen molar-refractivity contribution >= 4 is 11.3 Å². The van der Waals surface area contributed by atoms with Crippen LogP contribution < -0.4 is 5.32 Å². The first kappa shape index (κ1) is 14.6. The van der Waals surface area contributed by atoms with Crippen LogP contribution in [-0.2, 0) is 15.7 Å². The summed E-state index contributed by atoms with van der Waals surface area (Å²) in [5, 5.41) is 6.56. The van der Waals surface area contributed by atoms with Gasteiger partial charge in [-0.15, -0.1) is 11.3 Å². The van der Waals surface area contributed by atoms with Gasteiger partial charge in [0.2, 0.25) is 0 Å². The zero-order chi connectivity index (χ0) is 13.3. The molecule has 0 saturated heterocycles. The average Bonchev–Trinajstić information content (AvgIpc) is 2.76. The molecule has 0 spiro atoms. The third-order valence-corrected chi connectivity index (χ3v) is 4.48. The summed E-state index contributed by atoms with van der Waals surface area (Å²) in [6, 6.07) is 0. The molecule has 0 aliphatic heterocycles. The van der Waals surface area contributed by atoms with Crippen molar-refractivity contribution in [1.29, 1.82) is 0 Å². The number of thiazole rings is 1. The van der Waals surface area contributed by atoms with Crippen LogP contribution in [-0.4, -0.2) is 25.2 Å². The Labute approximate surface area is 109 Å². The summed E-state index contributed by atoms with van der Waals surface area (Å²) in [7, 11) is 3.69. The molecule has 17 heavy (non-hydrogen) atoms. The number of ether oxygens (including phenoxy) is 1. The maximum absolute atomic E-state index is 5.46. The van der Waals surface area contributed by atoms with Crippen LogP contribution in [0.3, 0.4) is 0 Å². The maximum atomic E-state index is 5.46. The van der Waals surface area contributed by atoms with Crippen LogP contribution in [0.25, 0.3) is 0 Å². The Morgan fingerprint density at radius 3 is 2.29 bits per heavy atom. The number of nitrogens with one attached hydrogen (secondary N) is 1. The molecule has 2 unspecified atom stereocenters.